The van der Waals surface area contributed by atoms with Gasteiger partial charge in [-0.3, -0.25) is 0 Å². The average molecular weight is 266 g/mol. The van der Waals surface area contributed by atoms with Crippen molar-refractivity contribution in [1.29, 1.82) is 5.26 Å². The van der Waals surface area contributed by atoms with Crippen LogP contribution in [0.5, 0.6) is 0 Å². The SMILES string of the molecule is N#Cc1ccccc1Nc1nc(N)nc2c1CNCC2. The van der Waals surface area contributed by atoms with E-state index >= 15 is 0 Å². The van der Waals surface area contributed by atoms with Gasteiger partial charge in [0.2, 0.25) is 5.95 Å². The number of nitrogens with zero attached hydrogens (tertiary/aromatic N) is 3. The lowest BCUT2D eigenvalue weighted by atomic mass is 10.1. The van der Waals surface area contributed by atoms with Crippen molar-refractivity contribution in [2.75, 3.05) is 17.6 Å². The van der Waals surface area contributed by atoms with Crippen LogP contribution in [0.25, 0.3) is 0 Å². The van der Waals surface area contributed by atoms with Gasteiger partial charge in [-0.25, -0.2) is 4.98 Å². The summed E-state index contributed by atoms with van der Waals surface area (Å²) in [5.74, 6) is 0.921. The molecule has 0 amide bonds. The zero-order valence-corrected chi connectivity index (χ0v) is 10.8. The molecule has 0 spiro atoms. The molecule has 0 bridgehead atoms. The Morgan fingerprint density at radius 3 is 3.00 bits per heavy atom. The Morgan fingerprint density at radius 2 is 2.15 bits per heavy atom. The number of nitriles is 1. The number of hydrogen-bond acceptors (Lipinski definition) is 6. The Balaban J connectivity index is 2.03. The predicted octanol–water partition coefficient (Wildman–Crippen LogP) is 1.32. The molecule has 4 N–H and O–H groups in total. The van der Waals surface area contributed by atoms with Crippen LogP contribution in [0.1, 0.15) is 16.8 Å². The molecule has 1 aliphatic rings. The fraction of sp³-hybridized carbons (Fsp3) is 0.214. The van der Waals surface area contributed by atoms with Crippen molar-refractivity contribution in [3.8, 4) is 6.07 Å². The number of hydrogen-bond donors (Lipinski definition) is 3. The molecule has 0 aliphatic carbocycles. The van der Waals surface area contributed by atoms with Gasteiger partial charge in [0.15, 0.2) is 0 Å². The van der Waals surface area contributed by atoms with Crippen LogP contribution in [0, 0.1) is 11.3 Å². The van der Waals surface area contributed by atoms with E-state index in [-0.39, 0.29) is 5.95 Å². The van der Waals surface area contributed by atoms with E-state index in [2.05, 4.69) is 26.7 Å². The van der Waals surface area contributed by atoms with Crippen LogP contribution in [0.4, 0.5) is 17.5 Å². The molecular formula is C14H14N6. The Kier molecular flexibility index (Phi) is 3.19. The van der Waals surface area contributed by atoms with Crippen molar-refractivity contribution in [3.63, 3.8) is 0 Å². The van der Waals surface area contributed by atoms with E-state index in [1.165, 1.54) is 0 Å². The lowest BCUT2D eigenvalue weighted by Gasteiger charge is -2.20. The third-order valence-corrected chi connectivity index (χ3v) is 3.25. The fourth-order valence-electron chi connectivity index (χ4n) is 2.28. The van der Waals surface area contributed by atoms with Crippen LogP contribution >= 0.6 is 0 Å². The number of benzene rings is 1. The smallest absolute Gasteiger partial charge is 0.222 e. The van der Waals surface area contributed by atoms with Gasteiger partial charge in [0, 0.05) is 25.1 Å². The summed E-state index contributed by atoms with van der Waals surface area (Å²) in [6.45, 7) is 1.59. The molecule has 2 heterocycles. The molecule has 0 radical (unpaired) electrons. The van der Waals surface area contributed by atoms with Crippen molar-refractivity contribution in [2.45, 2.75) is 13.0 Å². The molecule has 0 saturated heterocycles. The van der Waals surface area contributed by atoms with Crippen LogP contribution in [-0.2, 0) is 13.0 Å². The van der Waals surface area contributed by atoms with Gasteiger partial charge < -0.3 is 16.4 Å². The second-order valence-electron chi connectivity index (χ2n) is 4.56. The highest BCUT2D eigenvalue weighted by molar-refractivity contribution is 5.67. The molecule has 6 nitrogen and oxygen atoms in total. The van der Waals surface area contributed by atoms with E-state index in [4.69, 9.17) is 11.0 Å². The summed E-state index contributed by atoms with van der Waals surface area (Å²) in [6.07, 6.45) is 0.830. The van der Waals surface area contributed by atoms with E-state index in [1.807, 2.05) is 18.2 Å². The molecule has 0 unspecified atom stereocenters. The fourth-order valence-corrected chi connectivity index (χ4v) is 2.28. The first-order valence-corrected chi connectivity index (χ1v) is 6.40. The van der Waals surface area contributed by atoms with Gasteiger partial charge in [0.25, 0.3) is 0 Å². The second-order valence-corrected chi connectivity index (χ2v) is 4.56. The summed E-state index contributed by atoms with van der Waals surface area (Å²) in [6, 6.07) is 9.47. The minimum Gasteiger partial charge on any atom is -0.368 e. The largest absolute Gasteiger partial charge is 0.368 e. The number of fused-ring (bicyclic) bond motifs is 1. The van der Waals surface area contributed by atoms with E-state index in [0.29, 0.717) is 17.9 Å². The molecule has 1 aromatic heterocycles. The minimum absolute atomic E-state index is 0.252. The monoisotopic (exact) mass is 266 g/mol. The first kappa shape index (κ1) is 12.4. The number of para-hydroxylation sites is 1. The second kappa shape index (κ2) is 5.15. The predicted molar refractivity (Wildman–Crippen MR) is 76.3 cm³/mol. The number of nitrogen functional groups attached to an aromatic ring is 1. The quantitative estimate of drug-likeness (QED) is 0.758. The first-order valence-electron chi connectivity index (χ1n) is 6.40. The topological polar surface area (TPSA) is 99.7 Å². The number of rotatable bonds is 2. The molecule has 0 atom stereocenters. The Hall–Kier alpha value is -2.65. The Bertz CT molecular complexity index is 689. The molecule has 20 heavy (non-hydrogen) atoms. The highest BCUT2D eigenvalue weighted by Gasteiger charge is 2.17. The molecule has 0 fully saturated rings. The van der Waals surface area contributed by atoms with Crippen molar-refractivity contribution < 1.29 is 0 Å². The maximum absolute atomic E-state index is 9.13. The maximum atomic E-state index is 9.13. The highest BCUT2D eigenvalue weighted by Crippen LogP contribution is 2.25. The van der Waals surface area contributed by atoms with Gasteiger partial charge in [0.05, 0.1) is 16.9 Å². The van der Waals surface area contributed by atoms with Gasteiger partial charge in [-0.05, 0) is 12.1 Å². The van der Waals surface area contributed by atoms with Gasteiger partial charge >= 0.3 is 0 Å². The van der Waals surface area contributed by atoms with Crippen LogP contribution in [-0.4, -0.2) is 16.5 Å². The van der Waals surface area contributed by atoms with Gasteiger partial charge in [-0.1, -0.05) is 12.1 Å². The van der Waals surface area contributed by atoms with E-state index in [9.17, 15) is 0 Å². The van der Waals surface area contributed by atoms with E-state index in [0.717, 1.165) is 29.9 Å². The Morgan fingerprint density at radius 1 is 1.30 bits per heavy atom. The molecule has 2 aromatic rings. The van der Waals surface area contributed by atoms with Gasteiger partial charge in [-0.2, -0.15) is 10.2 Å². The lowest BCUT2D eigenvalue weighted by molar-refractivity contribution is 0.629. The van der Waals surface area contributed by atoms with Crippen LogP contribution in [0.3, 0.4) is 0 Å². The van der Waals surface area contributed by atoms with Crippen molar-refractivity contribution in [2.24, 2.45) is 0 Å². The molecule has 6 heteroatoms. The number of aromatic nitrogens is 2. The summed E-state index contributed by atoms with van der Waals surface area (Å²) >= 11 is 0. The average Bonchev–Trinajstić information content (AvgIpc) is 2.47. The highest BCUT2D eigenvalue weighted by atomic mass is 15.1. The number of nitrogens with two attached hydrogens (primary N) is 1. The molecule has 100 valence electrons. The zero-order valence-electron chi connectivity index (χ0n) is 10.8. The summed E-state index contributed by atoms with van der Waals surface area (Å²) in [5, 5.41) is 15.6. The van der Waals surface area contributed by atoms with Crippen LogP contribution < -0.4 is 16.4 Å². The number of anilines is 3. The van der Waals surface area contributed by atoms with Crippen molar-refractivity contribution >= 4 is 17.5 Å². The van der Waals surface area contributed by atoms with E-state index < -0.39 is 0 Å². The van der Waals surface area contributed by atoms with Crippen molar-refractivity contribution in [1.82, 2.24) is 15.3 Å². The molecular weight excluding hydrogens is 252 g/mol. The minimum atomic E-state index is 0.252. The summed E-state index contributed by atoms with van der Waals surface area (Å²) < 4.78 is 0. The molecule has 1 aromatic carbocycles. The lowest BCUT2D eigenvalue weighted by Crippen LogP contribution is -2.26. The standard InChI is InChI=1S/C14H14N6/c15-7-9-3-1-2-4-11(9)18-13-10-8-17-6-5-12(10)19-14(16)20-13/h1-4,17H,5-6,8H2,(H3,16,18,19,20). The summed E-state index contributed by atoms with van der Waals surface area (Å²) in [4.78, 5) is 8.54. The van der Waals surface area contributed by atoms with Gasteiger partial charge in [0.1, 0.15) is 11.9 Å². The summed E-state index contributed by atoms with van der Waals surface area (Å²) in [5.41, 5.74) is 9.03. The normalized spacial score (nSPS) is 13.3. The molecule has 3 rings (SSSR count). The third kappa shape index (κ3) is 2.27. The zero-order chi connectivity index (χ0) is 13.9. The van der Waals surface area contributed by atoms with Gasteiger partial charge in [-0.15, -0.1) is 0 Å². The maximum Gasteiger partial charge on any atom is 0.222 e. The molecule has 1 aliphatic heterocycles. The molecule has 0 saturated carbocycles. The third-order valence-electron chi connectivity index (χ3n) is 3.25. The van der Waals surface area contributed by atoms with E-state index in [1.54, 1.807) is 6.07 Å². The Labute approximate surface area is 116 Å². The van der Waals surface area contributed by atoms with Crippen LogP contribution in [0.15, 0.2) is 24.3 Å². The van der Waals surface area contributed by atoms with Crippen molar-refractivity contribution in [3.05, 3.63) is 41.1 Å². The number of nitrogens with one attached hydrogen (secondary N) is 2. The first-order chi connectivity index (χ1) is 9.78. The van der Waals surface area contributed by atoms with Crippen LogP contribution in [0.2, 0.25) is 0 Å². The summed E-state index contributed by atoms with van der Waals surface area (Å²) in [7, 11) is 0.